The van der Waals surface area contributed by atoms with Crippen molar-refractivity contribution in [2.24, 2.45) is 0 Å². The lowest BCUT2D eigenvalue weighted by Crippen LogP contribution is -2.25. The Labute approximate surface area is 218 Å². The number of nitro benzene ring substituents is 2. The Morgan fingerprint density at radius 3 is 1.97 bits per heavy atom. The number of anilines is 1. The highest BCUT2D eigenvalue weighted by Crippen LogP contribution is 2.30. The average molecular weight is 524 g/mol. The topological polar surface area (TPSA) is 140 Å². The zero-order valence-electron chi connectivity index (χ0n) is 19.9. The predicted octanol–water partition coefficient (Wildman–Crippen LogP) is 6.03. The van der Waals surface area contributed by atoms with E-state index in [-0.39, 0.29) is 18.0 Å². The van der Waals surface area contributed by atoms with E-state index in [9.17, 15) is 25.0 Å². The molecule has 0 spiro atoms. The summed E-state index contributed by atoms with van der Waals surface area (Å²) in [7, 11) is 0. The molecule has 4 rings (SSSR count). The van der Waals surface area contributed by atoms with Gasteiger partial charge in [0.25, 0.3) is 17.3 Å². The normalized spacial score (nSPS) is 10.6. The van der Waals surface area contributed by atoms with E-state index in [1.165, 1.54) is 0 Å². The van der Waals surface area contributed by atoms with Gasteiger partial charge < -0.3 is 10.6 Å². The molecule has 0 aliphatic carbocycles. The second-order valence-corrected chi connectivity index (χ2v) is 8.33. The second-order valence-electron chi connectivity index (χ2n) is 8.33. The van der Waals surface area contributed by atoms with Crippen molar-refractivity contribution in [3.63, 3.8) is 0 Å². The van der Waals surface area contributed by atoms with Crippen molar-refractivity contribution < 1.29 is 14.6 Å². The first kappa shape index (κ1) is 27.3. The van der Waals surface area contributed by atoms with Crippen molar-refractivity contribution in [1.29, 1.82) is 0 Å². The number of fused-ring (bicyclic) bond motifs is 2. The number of nitro groups is 2. The molecule has 4 aromatic rings. The Kier molecular flexibility index (Phi) is 9.28. The van der Waals surface area contributed by atoms with Gasteiger partial charge in [-0.05, 0) is 31.0 Å². The number of hydrogen-bond donors (Lipinski definition) is 2. The molecule has 11 heteroatoms. The molecule has 3 aromatic carbocycles. The standard InChI is InChI=1S/C26H25N5O5.ClH/c32-26(21-14-13-18(30(33)34)17-24(21)31(35)36)28-16-8-2-1-7-15-27-25-19-9-3-5-11-22(19)29-23-12-6-4-10-20(23)25;/h3-6,9-14,17H,1-2,7-8,15-16H2,(H,27,29)(H,28,32);1H. The minimum absolute atomic E-state index is 0. The maximum absolute atomic E-state index is 12.4. The van der Waals surface area contributed by atoms with Crippen molar-refractivity contribution in [2.45, 2.75) is 25.7 Å². The van der Waals surface area contributed by atoms with Crippen LogP contribution in [0, 0.1) is 20.2 Å². The summed E-state index contributed by atoms with van der Waals surface area (Å²) in [5, 5.41) is 30.5. The van der Waals surface area contributed by atoms with Crippen LogP contribution in [0.25, 0.3) is 21.8 Å². The second kappa shape index (κ2) is 12.6. The molecule has 0 saturated carbocycles. The van der Waals surface area contributed by atoms with Gasteiger partial charge in [-0.1, -0.05) is 49.2 Å². The number of benzene rings is 3. The molecule has 1 aromatic heterocycles. The first-order valence-corrected chi connectivity index (χ1v) is 11.7. The van der Waals surface area contributed by atoms with Crippen molar-refractivity contribution in [3.05, 3.63) is 92.5 Å². The molecule has 1 heterocycles. The van der Waals surface area contributed by atoms with Crippen LogP contribution in [0.5, 0.6) is 0 Å². The van der Waals surface area contributed by atoms with Crippen LogP contribution in [0.1, 0.15) is 36.0 Å². The fourth-order valence-electron chi connectivity index (χ4n) is 4.12. The van der Waals surface area contributed by atoms with Crippen LogP contribution >= 0.6 is 12.4 Å². The lowest BCUT2D eigenvalue weighted by molar-refractivity contribution is -0.394. The van der Waals surface area contributed by atoms with Gasteiger partial charge in [0.2, 0.25) is 0 Å². The first-order valence-electron chi connectivity index (χ1n) is 11.7. The van der Waals surface area contributed by atoms with Gasteiger partial charge in [-0.2, -0.15) is 0 Å². The van der Waals surface area contributed by atoms with Crippen LogP contribution in [0.4, 0.5) is 17.1 Å². The maximum atomic E-state index is 12.4. The van der Waals surface area contributed by atoms with Crippen LogP contribution < -0.4 is 10.6 Å². The van der Waals surface area contributed by atoms with Gasteiger partial charge in [0, 0.05) is 29.9 Å². The monoisotopic (exact) mass is 523 g/mol. The predicted molar refractivity (Wildman–Crippen MR) is 146 cm³/mol. The zero-order chi connectivity index (χ0) is 25.5. The zero-order valence-corrected chi connectivity index (χ0v) is 20.7. The van der Waals surface area contributed by atoms with Crippen LogP contribution in [-0.2, 0) is 0 Å². The van der Waals surface area contributed by atoms with Crippen molar-refractivity contribution >= 4 is 57.2 Å². The molecule has 0 aliphatic rings. The van der Waals surface area contributed by atoms with Gasteiger partial charge in [-0.3, -0.25) is 25.0 Å². The molecule has 10 nitrogen and oxygen atoms in total. The third kappa shape index (κ3) is 6.47. The summed E-state index contributed by atoms with van der Waals surface area (Å²) in [4.78, 5) is 37.6. The van der Waals surface area contributed by atoms with Crippen LogP contribution in [0.2, 0.25) is 0 Å². The lowest BCUT2D eigenvalue weighted by Gasteiger charge is -2.13. The number of carbonyl (C=O) groups excluding carboxylic acids is 1. The number of unbranched alkanes of at least 4 members (excludes halogenated alkanes) is 3. The number of non-ortho nitro benzene ring substituents is 1. The molecule has 0 aliphatic heterocycles. The summed E-state index contributed by atoms with van der Waals surface area (Å²) in [6.45, 7) is 1.15. The Morgan fingerprint density at radius 2 is 1.38 bits per heavy atom. The number of carbonyl (C=O) groups is 1. The molecular formula is C26H26ClN5O5. The van der Waals surface area contributed by atoms with E-state index in [1.54, 1.807) is 0 Å². The van der Waals surface area contributed by atoms with Gasteiger partial charge in [0.15, 0.2) is 0 Å². The molecule has 37 heavy (non-hydrogen) atoms. The van der Waals surface area contributed by atoms with Crippen LogP contribution in [-0.4, -0.2) is 33.8 Å². The highest BCUT2D eigenvalue weighted by atomic mass is 35.5. The minimum atomic E-state index is -0.788. The summed E-state index contributed by atoms with van der Waals surface area (Å²) in [6.07, 6.45) is 3.48. The highest BCUT2D eigenvalue weighted by Gasteiger charge is 2.23. The van der Waals surface area contributed by atoms with Gasteiger partial charge in [-0.15, -0.1) is 12.4 Å². The van der Waals surface area contributed by atoms with E-state index < -0.39 is 27.1 Å². The smallest absolute Gasteiger partial charge is 0.289 e. The Bertz CT molecular complexity index is 1390. The Morgan fingerprint density at radius 1 is 0.784 bits per heavy atom. The third-order valence-electron chi connectivity index (χ3n) is 5.91. The molecule has 2 N–H and O–H groups in total. The van der Waals surface area contributed by atoms with Gasteiger partial charge in [0.05, 0.1) is 32.6 Å². The fraction of sp³-hybridized carbons (Fsp3) is 0.231. The third-order valence-corrected chi connectivity index (χ3v) is 5.91. The van der Waals surface area contributed by atoms with E-state index >= 15 is 0 Å². The molecule has 0 bridgehead atoms. The fourth-order valence-corrected chi connectivity index (χ4v) is 4.12. The first-order chi connectivity index (χ1) is 17.5. The van der Waals surface area contributed by atoms with Crippen LogP contribution in [0.3, 0.4) is 0 Å². The van der Waals surface area contributed by atoms with Crippen molar-refractivity contribution in [1.82, 2.24) is 10.3 Å². The number of amides is 1. The summed E-state index contributed by atoms with van der Waals surface area (Å²) in [5.74, 6) is -0.616. The summed E-state index contributed by atoms with van der Waals surface area (Å²) in [5.41, 5.74) is 1.77. The number of para-hydroxylation sites is 2. The van der Waals surface area contributed by atoms with Gasteiger partial charge >= 0.3 is 0 Å². The SMILES string of the molecule is Cl.O=C(NCCCCCCNc1c2ccccc2nc2ccccc12)c1ccc([N+](=O)[O-])cc1[N+](=O)[O-]. The molecule has 0 atom stereocenters. The summed E-state index contributed by atoms with van der Waals surface area (Å²) < 4.78 is 0. The van der Waals surface area contributed by atoms with E-state index in [1.807, 2.05) is 36.4 Å². The highest BCUT2D eigenvalue weighted by molar-refractivity contribution is 6.07. The summed E-state index contributed by atoms with van der Waals surface area (Å²) >= 11 is 0. The summed E-state index contributed by atoms with van der Waals surface area (Å²) in [6, 6.07) is 19.1. The number of hydrogen-bond acceptors (Lipinski definition) is 7. The van der Waals surface area contributed by atoms with E-state index in [0.717, 1.165) is 71.5 Å². The number of nitrogens with zero attached hydrogens (tertiary/aromatic N) is 3. The molecular weight excluding hydrogens is 498 g/mol. The number of aromatic nitrogens is 1. The molecule has 1 amide bonds. The van der Waals surface area contributed by atoms with E-state index in [2.05, 4.69) is 22.8 Å². The molecule has 192 valence electrons. The molecule has 0 radical (unpaired) electrons. The molecule has 0 fully saturated rings. The number of halogens is 1. The Balaban J connectivity index is 0.00000380. The molecule has 0 saturated heterocycles. The van der Waals surface area contributed by atoms with Crippen LogP contribution in [0.15, 0.2) is 66.7 Å². The van der Waals surface area contributed by atoms with E-state index in [4.69, 9.17) is 4.98 Å². The van der Waals surface area contributed by atoms with E-state index in [0.29, 0.717) is 13.0 Å². The maximum Gasteiger partial charge on any atom is 0.289 e. The number of rotatable bonds is 11. The Hall–Kier alpha value is -4.31. The molecule has 0 unspecified atom stereocenters. The van der Waals surface area contributed by atoms with Crippen molar-refractivity contribution in [2.75, 3.05) is 18.4 Å². The lowest BCUT2D eigenvalue weighted by atomic mass is 10.1. The minimum Gasteiger partial charge on any atom is -0.384 e. The number of nitrogens with one attached hydrogen (secondary N) is 2. The number of pyridine rings is 1. The van der Waals surface area contributed by atoms with Crippen molar-refractivity contribution in [3.8, 4) is 0 Å². The quantitative estimate of drug-likeness (QED) is 0.106. The average Bonchev–Trinajstić information content (AvgIpc) is 2.88. The largest absolute Gasteiger partial charge is 0.384 e. The van der Waals surface area contributed by atoms with Gasteiger partial charge in [-0.25, -0.2) is 4.98 Å². The van der Waals surface area contributed by atoms with Gasteiger partial charge in [0.1, 0.15) is 5.56 Å².